The Morgan fingerprint density at radius 3 is 2.83 bits per heavy atom. The molecule has 2 fully saturated rings. The van der Waals surface area contributed by atoms with E-state index >= 15 is 0 Å². The number of guanidine groups is 1. The highest BCUT2D eigenvalue weighted by atomic mass is 16.7. The number of nitrogens with zero attached hydrogens (tertiary/aromatic N) is 4. The van der Waals surface area contributed by atoms with Crippen LogP contribution in [-0.4, -0.2) is 59.7 Å². The van der Waals surface area contributed by atoms with Gasteiger partial charge in [-0.2, -0.15) is 0 Å². The van der Waals surface area contributed by atoms with Crippen molar-refractivity contribution in [1.29, 1.82) is 0 Å². The molecule has 128 valence electrons. The highest BCUT2D eigenvalue weighted by Crippen LogP contribution is 2.19. The van der Waals surface area contributed by atoms with Crippen LogP contribution < -0.4 is 4.74 Å². The molecule has 0 aromatic heterocycles. The van der Waals surface area contributed by atoms with Crippen LogP contribution in [0.5, 0.6) is 5.75 Å². The molecule has 9 nitrogen and oxygen atoms in total. The topological polar surface area (TPSA) is 97.5 Å². The normalized spacial score (nSPS) is 22.2. The summed E-state index contributed by atoms with van der Waals surface area (Å²) in [6, 6.07) is 8.58. The molecule has 0 bridgehead atoms. The van der Waals surface area contributed by atoms with E-state index in [2.05, 4.69) is 5.10 Å². The number of rotatable bonds is 4. The molecule has 2 heterocycles. The SMILES string of the molecule is O=C(Oc1ccccc1)N1CCN(CC2CCOC2)C1=N[N+](=O)[O-]. The highest BCUT2D eigenvalue weighted by Gasteiger charge is 2.37. The van der Waals surface area contributed by atoms with Crippen LogP contribution in [0.1, 0.15) is 6.42 Å². The molecule has 2 aliphatic rings. The van der Waals surface area contributed by atoms with Crippen molar-refractivity contribution in [2.45, 2.75) is 6.42 Å². The Labute approximate surface area is 138 Å². The number of hydrazone groups is 1. The Bertz CT molecular complexity index is 630. The zero-order chi connectivity index (χ0) is 16.9. The fourth-order valence-corrected chi connectivity index (χ4v) is 2.81. The lowest BCUT2D eigenvalue weighted by atomic mass is 10.1. The van der Waals surface area contributed by atoms with Crippen molar-refractivity contribution in [3.8, 4) is 5.75 Å². The highest BCUT2D eigenvalue weighted by molar-refractivity contribution is 5.96. The maximum Gasteiger partial charge on any atom is 0.422 e. The first-order chi connectivity index (χ1) is 11.6. The monoisotopic (exact) mass is 334 g/mol. The van der Waals surface area contributed by atoms with Gasteiger partial charge < -0.3 is 14.4 Å². The number of carbonyl (C=O) groups excluding carboxylic acids is 1. The van der Waals surface area contributed by atoms with Crippen LogP contribution in [0, 0.1) is 16.0 Å². The molecule has 24 heavy (non-hydrogen) atoms. The summed E-state index contributed by atoms with van der Waals surface area (Å²) in [7, 11) is 0. The number of ether oxygens (including phenoxy) is 2. The van der Waals surface area contributed by atoms with Crippen molar-refractivity contribution in [2.75, 3.05) is 32.8 Å². The van der Waals surface area contributed by atoms with E-state index < -0.39 is 11.1 Å². The molecule has 0 N–H and O–H groups in total. The maximum absolute atomic E-state index is 12.3. The first-order valence-electron chi connectivity index (χ1n) is 7.73. The second-order valence-electron chi connectivity index (χ2n) is 5.65. The van der Waals surface area contributed by atoms with Crippen LogP contribution in [0.25, 0.3) is 0 Å². The number of carbonyl (C=O) groups is 1. The fraction of sp³-hybridized carbons (Fsp3) is 0.467. The summed E-state index contributed by atoms with van der Waals surface area (Å²) in [5.74, 6) is 0.686. The second kappa shape index (κ2) is 7.26. The smallest absolute Gasteiger partial charge is 0.410 e. The lowest BCUT2D eigenvalue weighted by Gasteiger charge is -2.21. The predicted molar refractivity (Wildman–Crippen MR) is 84.1 cm³/mol. The lowest BCUT2D eigenvalue weighted by molar-refractivity contribution is -0.486. The average molecular weight is 334 g/mol. The van der Waals surface area contributed by atoms with Gasteiger partial charge in [-0.15, -0.1) is 0 Å². The van der Waals surface area contributed by atoms with Gasteiger partial charge in [-0.3, -0.25) is 0 Å². The third-order valence-corrected chi connectivity index (χ3v) is 3.96. The van der Waals surface area contributed by atoms with Gasteiger partial charge in [0.25, 0.3) is 5.96 Å². The molecular weight excluding hydrogens is 316 g/mol. The van der Waals surface area contributed by atoms with Gasteiger partial charge >= 0.3 is 6.09 Å². The Morgan fingerprint density at radius 2 is 2.17 bits per heavy atom. The van der Waals surface area contributed by atoms with Gasteiger partial charge in [0.1, 0.15) is 10.9 Å². The Kier molecular flexibility index (Phi) is 4.90. The first-order valence-corrected chi connectivity index (χ1v) is 7.73. The van der Waals surface area contributed by atoms with Gasteiger partial charge in [-0.25, -0.2) is 19.8 Å². The number of benzene rings is 1. The number of hydrogen-bond acceptors (Lipinski definition) is 5. The molecule has 0 spiro atoms. The molecule has 9 heteroatoms. The van der Waals surface area contributed by atoms with Gasteiger partial charge in [-0.05, 0) is 18.6 Å². The van der Waals surface area contributed by atoms with Crippen molar-refractivity contribution >= 4 is 12.1 Å². The van der Waals surface area contributed by atoms with Crippen molar-refractivity contribution in [3.05, 3.63) is 40.4 Å². The number of amides is 1. The van der Waals surface area contributed by atoms with Gasteiger partial charge in [0.15, 0.2) is 5.03 Å². The number of nitro groups is 1. The van der Waals surface area contributed by atoms with Crippen LogP contribution in [0.2, 0.25) is 0 Å². The molecule has 1 unspecified atom stereocenters. The minimum absolute atomic E-state index is 0.0211. The zero-order valence-corrected chi connectivity index (χ0v) is 13.0. The quantitative estimate of drug-likeness (QED) is 0.609. The molecule has 1 atom stereocenters. The van der Waals surface area contributed by atoms with Crippen LogP contribution in [0.3, 0.4) is 0 Å². The minimum Gasteiger partial charge on any atom is -0.410 e. The van der Waals surface area contributed by atoms with E-state index in [9.17, 15) is 14.9 Å². The third kappa shape index (κ3) is 3.80. The molecule has 2 saturated heterocycles. The van der Waals surface area contributed by atoms with Gasteiger partial charge in [-0.1, -0.05) is 18.2 Å². The lowest BCUT2D eigenvalue weighted by Crippen LogP contribution is -2.41. The fourth-order valence-electron chi connectivity index (χ4n) is 2.81. The van der Waals surface area contributed by atoms with Crippen LogP contribution in [0.15, 0.2) is 35.4 Å². The van der Waals surface area contributed by atoms with E-state index in [1.807, 2.05) is 0 Å². The maximum atomic E-state index is 12.3. The predicted octanol–water partition coefficient (Wildman–Crippen LogP) is 1.39. The molecule has 0 saturated carbocycles. The summed E-state index contributed by atoms with van der Waals surface area (Å²) in [6.07, 6.45) is 0.225. The molecule has 1 amide bonds. The summed E-state index contributed by atoms with van der Waals surface area (Å²) < 4.78 is 10.6. The summed E-state index contributed by atoms with van der Waals surface area (Å²) in [4.78, 5) is 26.1. The van der Waals surface area contributed by atoms with E-state index in [4.69, 9.17) is 9.47 Å². The van der Waals surface area contributed by atoms with E-state index in [0.717, 1.165) is 6.42 Å². The zero-order valence-electron chi connectivity index (χ0n) is 13.0. The van der Waals surface area contributed by atoms with E-state index in [1.54, 1.807) is 35.2 Å². The molecule has 0 radical (unpaired) electrons. The molecule has 1 aromatic rings. The summed E-state index contributed by atoms with van der Waals surface area (Å²) in [5, 5.41) is 13.5. The molecule has 1 aromatic carbocycles. The van der Waals surface area contributed by atoms with E-state index in [-0.39, 0.29) is 11.9 Å². The van der Waals surface area contributed by atoms with Crippen molar-refractivity contribution in [1.82, 2.24) is 9.80 Å². The Morgan fingerprint density at radius 1 is 1.38 bits per heavy atom. The standard InChI is InChI=1S/C15H18N4O5/c20-15(24-13-4-2-1-3-5-13)18-8-7-17(14(18)16-19(21)22)10-12-6-9-23-11-12/h1-5,12H,6-11H2. The second-order valence-corrected chi connectivity index (χ2v) is 5.65. The molecule has 0 aliphatic carbocycles. The van der Waals surface area contributed by atoms with Gasteiger partial charge in [0, 0.05) is 25.6 Å². The Balaban J connectivity index is 1.71. The minimum atomic E-state index is -0.790. The largest absolute Gasteiger partial charge is 0.422 e. The van der Waals surface area contributed by atoms with Gasteiger partial charge in [0.05, 0.1) is 13.2 Å². The molecule has 3 rings (SSSR count). The first kappa shape index (κ1) is 16.2. The van der Waals surface area contributed by atoms with Crippen LogP contribution in [-0.2, 0) is 4.74 Å². The Hall–Kier alpha value is -2.68. The molecule has 2 aliphatic heterocycles. The van der Waals surface area contributed by atoms with E-state index in [1.165, 1.54) is 4.90 Å². The third-order valence-electron chi connectivity index (χ3n) is 3.96. The average Bonchev–Trinajstić information content (AvgIpc) is 3.19. The molecular formula is C15H18N4O5. The van der Waals surface area contributed by atoms with Gasteiger partial charge in [0.2, 0.25) is 0 Å². The van der Waals surface area contributed by atoms with Crippen LogP contribution >= 0.6 is 0 Å². The summed E-state index contributed by atoms with van der Waals surface area (Å²) in [6.45, 7) is 2.66. The van der Waals surface area contributed by atoms with E-state index in [0.29, 0.717) is 38.6 Å². The van der Waals surface area contributed by atoms with Crippen molar-refractivity contribution in [2.24, 2.45) is 11.0 Å². The number of para-hydroxylation sites is 1. The summed E-state index contributed by atoms with van der Waals surface area (Å²) >= 11 is 0. The van der Waals surface area contributed by atoms with Crippen LogP contribution in [0.4, 0.5) is 4.79 Å². The number of hydrogen-bond donors (Lipinski definition) is 0. The van der Waals surface area contributed by atoms with Crippen molar-refractivity contribution < 1.29 is 19.3 Å². The van der Waals surface area contributed by atoms with Crippen molar-refractivity contribution in [3.63, 3.8) is 0 Å². The summed E-state index contributed by atoms with van der Waals surface area (Å²) in [5.41, 5.74) is 0.